The number of hydrogen-bond donors (Lipinski definition) is 2. The van der Waals surface area contributed by atoms with Crippen molar-refractivity contribution in [3.8, 4) is 0 Å². The third-order valence-electron chi connectivity index (χ3n) is 0. The molecule has 0 radical (unpaired) electrons. The van der Waals surface area contributed by atoms with Crippen molar-refractivity contribution in [2.24, 2.45) is 0 Å². The lowest BCUT2D eigenvalue weighted by molar-refractivity contribution is -0.415. The van der Waals surface area contributed by atoms with E-state index < -0.39 is 6.16 Å². The summed E-state index contributed by atoms with van der Waals surface area (Å²) >= 11 is 0. The standard InChI is InChI=1S/CH2O3.2CH5OP/c2-1(3)4;2*2-1-3/h(H2,2,3,4);2*2H,1,3H2. The van der Waals surface area contributed by atoms with Crippen molar-refractivity contribution in [3.05, 3.63) is 0 Å². The molecular weight excluding hydrogens is 178 g/mol. The van der Waals surface area contributed by atoms with Crippen LogP contribution in [0.2, 0.25) is 0 Å². The molecule has 0 amide bonds. The van der Waals surface area contributed by atoms with E-state index in [9.17, 15) is 0 Å². The van der Waals surface area contributed by atoms with Gasteiger partial charge in [-0.2, -0.15) is 0 Å². The summed E-state index contributed by atoms with van der Waals surface area (Å²) in [6.07, 6.45) is -1.78. The Bertz CT molecular complexity index is 52.9. The Morgan fingerprint density at radius 3 is 1.20 bits per heavy atom. The topological polar surface area (TPSA) is 104 Å². The summed E-state index contributed by atoms with van der Waals surface area (Å²) in [5, 5.41) is 31.8. The van der Waals surface area contributed by atoms with E-state index in [1.165, 1.54) is 18.5 Å². The van der Waals surface area contributed by atoms with Gasteiger partial charge >= 0.3 is 0 Å². The third-order valence-corrected chi connectivity index (χ3v) is 0. The highest BCUT2D eigenvalue weighted by Crippen LogP contribution is 1.63. The zero-order valence-electron chi connectivity index (χ0n) is 5.45. The monoisotopic (exact) mass is 190 g/mol. The highest BCUT2D eigenvalue weighted by atomic mass is 31.0. The number of carbonyl (C=O) groups excluding carboxylic acids is 1. The number of carboxylic acid groups (broad SMARTS) is 2. The van der Waals surface area contributed by atoms with Crippen LogP contribution < -0.4 is 10.2 Å². The lowest BCUT2D eigenvalue weighted by Gasteiger charge is -1.96. The Morgan fingerprint density at radius 1 is 1.20 bits per heavy atom. The van der Waals surface area contributed by atoms with Gasteiger partial charge in [-0.3, -0.25) is 0 Å². The second kappa shape index (κ2) is 23.0. The van der Waals surface area contributed by atoms with Gasteiger partial charge in [-0.1, -0.05) is 0 Å². The van der Waals surface area contributed by atoms with E-state index in [2.05, 4.69) is 0 Å². The fourth-order valence-electron chi connectivity index (χ4n) is 0. The van der Waals surface area contributed by atoms with Gasteiger partial charge in [0.05, 0.1) is 0 Å². The van der Waals surface area contributed by atoms with Crippen molar-refractivity contribution in [2.75, 3.05) is 12.7 Å². The van der Waals surface area contributed by atoms with Crippen LogP contribution in [-0.4, -0.2) is 29.1 Å². The second-order valence-electron chi connectivity index (χ2n) is 0.697. The Morgan fingerprint density at radius 2 is 1.20 bits per heavy atom. The molecule has 0 aromatic rings. The normalized spacial score (nSPS) is 6.60. The molecule has 0 spiro atoms. The molecule has 64 valence electrons. The molecule has 7 heteroatoms. The van der Waals surface area contributed by atoms with Crippen LogP contribution >= 0.6 is 18.5 Å². The molecule has 0 aliphatic heterocycles. The van der Waals surface area contributed by atoms with E-state index in [0.29, 0.717) is 0 Å². The molecule has 0 aliphatic carbocycles. The van der Waals surface area contributed by atoms with Crippen molar-refractivity contribution >= 4 is 24.6 Å². The van der Waals surface area contributed by atoms with Crippen molar-refractivity contribution in [3.63, 3.8) is 0 Å². The van der Waals surface area contributed by atoms with Gasteiger partial charge in [0.25, 0.3) is 0 Å². The molecule has 0 heterocycles. The molecule has 0 aliphatic rings. The largest absolute Gasteiger partial charge is 0.652 e. The zero-order chi connectivity index (χ0) is 8.99. The summed E-state index contributed by atoms with van der Waals surface area (Å²) in [6.45, 7) is 0. The summed E-state index contributed by atoms with van der Waals surface area (Å²) < 4.78 is 0. The van der Waals surface area contributed by atoms with Gasteiger partial charge in [0, 0.05) is 18.5 Å². The maximum atomic E-state index is 8.33. The fraction of sp³-hybridized carbons (Fsp3) is 0.667. The van der Waals surface area contributed by atoms with Gasteiger partial charge < -0.3 is 25.2 Å². The van der Waals surface area contributed by atoms with Crippen LogP contribution in [0.4, 0.5) is 4.79 Å². The van der Waals surface area contributed by atoms with Gasteiger partial charge in [0.1, 0.15) is 12.7 Å². The lowest BCUT2D eigenvalue weighted by atomic mass is 11.5. The first kappa shape index (κ1) is 16.6. The molecule has 2 N–H and O–H groups in total. The SMILES string of the molecule is O=C([O-])[O-].OC[PH3+].OC[PH3+]. The summed E-state index contributed by atoms with van der Waals surface area (Å²) in [5.41, 5.74) is 0. The van der Waals surface area contributed by atoms with Crippen LogP contribution in [0.1, 0.15) is 0 Å². The first-order valence-electron chi connectivity index (χ1n) is 2.24. The van der Waals surface area contributed by atoms with Crippen LogP contribution in [0, 0.1) is 0 Å². The van der Waals surface area contributed by atoms with Gasteiger partial charge in [0.15, 0.2) is 0 Å². The van der Waals surface area contributed by atoms with Crippen molar-refractivity contribution < 1.29 is 25.2 Å². The van der Waals surface area contributed by atoms with Crippen LogP contribution in [0.25, 0.3) is 0 Å². The Hall–Kier alpha value is 0.0500. The third kappa shape index (κ3) is 160000. The van der Waals surface area contributed by atoms with Crippen LogP contribution in [-0.2, 0) is 0 Å². The van der Waals surface area contributed by atoms with Crippen molar-refractivity contribution in [2.45, 2.75) is 0 Å². The summed E-state index contributed by atoms with van der Waals surface area (Å²) in [5.74, 6) is 0. The van der Waals surface area contributed by atoms with Gasteiger partial charge in [0.2, 0.25) is 0 Å². The Balaban J connectivity index is -0.0000000750. The average Bonchev–Trinajstić information content (AvgIpc) is 1.65. The highest BCUT2D eigenvalue weighted by molar-refractivity contribution is 7.16. The molecule has 0 aromatic heterocycles. The summed E-state index contributed by atoms with van der Waals surface area (Å²) in [7, 11) is 3.06. The second-order valence-corrected chi connectivity index (χ2v) is 1.59. The minimum absolute atomic E-state index is 0.278. The van der Waals surface area contributed by atoms with Crippen molar-refractivity contribution in [1.29, 1.82) is 0 Å². The maximum absolute atomic E-state index is 8.33. The van der Waals surface area contributed by atoms with Gasteiger partial charge in [-0.05, 0) is 6.16 Å². The number of aliphatic hydroxyl groups is 2. The smallest absolute Gasteiger partial charge is 0.147 e. The molecule has 2 atom stereocenters. The minimum Gasteiger partial charge on any atom is -0.652 e. The van der Waals surface area contributed by atoms with E-state index in [1.807, 2.05) is 0 Å². The summed E-state index contributed by atoms with van der Waals surface area (Å²) in [4.78, 5) is 8.33. The quantitative estimate of drug-likeness (QED) is 0.388. The van der Waals surface area contributed by atoms with Crippen molar-refractivity contribution in [1.82, 2.24) is 0 Å². The Kier molecular flexibility index (Phi) is 38.1. The predicted molar refractivity (Wildman–Crippen MR) is 41.8 cm³/mol. The minimum atomic E-state index is -2.33. The number of hydrogen-bond acceptors (Lipinski definition) is 5. The van der Waals surface area contributed by atoms with Crippen LogP contribution in [0.15, 0.2) is 0 Å². The first-order chi connectivity index (χ1) is 4.56. The Labute approximate surface area is 63.5 Å². The van der Waals surface area contributed by atoms with Gasteiger partial charge in [-0.25, -0.2) is 0 Å². The molecule has 10 heavy (non-hydrogen) atoms. The molecule has 0 bridgehead atoms. The zero-order valence-corrected chi connectivity index (χ0v) is 8.28. The predicted octanol–water partition coefficient (Wildman–Crippen LogP) is -3.36. The number of carbonyl (C=O) groups is 1. The van der Waals surface area contributed by atoms with Crippen LogP contribution in [0.5, 0.6) is 0 Å². The highest BCUT2D eigenvalue weighted by Gasteiger charge is 1.42. The van der Waals surface area contributed by atoms with E-state index in [1.54, 1.807) is 0 Å². The molecule has 0 aromatic carbocycles. The lowest BCUT2D eigenvalue weighted by Crippen LogP contribution is -2.37. The molecule has 2 unspecified atom stereocenters. The van der Waals surface area contributed by atoms with E-state index in [0.717, 1.165) is 0 Å². The molecule has 0 saturated heterocycles. The van der Waals surface area contributed by atoms with E-state index >= 15 is 0 Å². The van der Waals surface area contributed by atoms with Gasteiger partial charge in [-0.15, -0.1) is 0 Å². The number of aliphatic hydroxyl groups excluding tert-OH is 2. The molecule has 0 rings (SSSR count). The molecule has 0 saturated carbocycles. The summed E-state index contributed by atoms with van der Waals surface area (Å²) in [6, 6.07) is 0. The van der Waals surface area contributed by atoms with E-state index in [4.69, 9.17) is 25.2 Å². The fourth-order valence-corrected chi connectivity index (χ4v) is 0. The first-order valence-corrected chi connectivity index (χ1v) is 4.24. The molecule has 0 fully saturated rings. The van der Waals surface area contributed by atoms with E-state index in [-0.39, 0.29) is 12.7 Å². The van der Waals surface area contributed by atoms with Crippen LogP contribution in [0.3, 0.4) is 0 Å². The maximum Gasteiger partial charge on any atom is 0.147 e. The molecular formula is C3H12O5P2. The number of rotatable bonds is 0. The molecule has 5 nitrogen and oxygen atoms in total. The average molecular weight is 190 g/mol.